The van der Waals surface area contributed by atoms with Crippen LogP contribution in [0.15, 0.2) is 18.2 Å². The Hall–Kier alpha value is -1.33. The van der Waals surface area contributed by atoms with Gasteiger partial charge in [-0.05, 0) is 87.7 Å². The van der Waals surface area contributed by atoms with Crippen LogP contribution in [-0.2, 0) is 0 Å². The summed E-state index contributed by atoms with van der Waals surface area (Å²) >= 11 is 0. The monoisotopic (exact) mass is 308 g/mol. The summed E-state index contributed by atoms with van der Waals surface area (Å²) in [4.78, 5) is 0. The molecule has 1 unspecified atom stereocenters. The van der Waals surface area contributed by atoms with Crippen LogP contribution in [0.25, 0.3) is 0 Å². The molecule has 2 nitrogen and oxygen atoms in total. The SMILES string of the molecule is Cc1ccc(C(C)NC2(C#N)C3CC4CC(C3)CC2C4)c(C)c1. The molecule has 0 saturated heterocycles. The smallest absolute Gasteiger partial charge is 0.112 e. The molecule has 122 valence electrons. The number of rotatable bonds is 3. The van der Waals surface area contributed by atoms with Gasteiger partial charge in [-0.25, -0.2) is 0 Å². The molecule has 4 saturated carbocycles. The van der Waals surface area contributed by atoms with Crippen LogP contribution in [-0.4, -0.2) is 5.54 Å². The van der Waals surface area contributed by atoms with E-state index in [-0.39, 0.29) is 11.6 Å². The Bertz CT molecular complexity index is 626. The zero-order chi connectivity index (χ0) is 16.2. The van der Waals surface area contributed by atoms with Gasteiger partial charge in [-0.3, -0.25) is 5.32 Å². The minimum Gasteiger partial charge on any atom is -0.292 e. The van der Waals surface area contributed by atoms with Gasteiger partial charge in [0, 0.05) is 6.04 Å². The quantitative estimate of drug-likeness (QED) is 0.880. The van der Waals surface area contributed by atoms with Gasteiger partial charge in [0.25, 0.3) is 0 Å². The lowest BCUT2D eigenvalue weighted by atomic mass is 9.49. The third kappa shape index (κ3) is 2.32. The van der Waals surface area contributed by atoms with Gasteiger partial charge < -0.3 is 0 Å². The molecule has 0 amide bonds. The molecule has 0 radical (unpaired) electrons. The lowest BCUT2D eigenvalue weighted by Crippen LogP contribution is -2.64. The molecule has 4 bridgehead atoms. The fourth-order valence-electron chi connectivity index (χ4n) is 6.13. The molecular weight excluding hydrogens is 280 g/mol. The summed E-state index contributed by atoms with van der Waals surface area (Å²) < 4.78 is 0. The van der Waals surface area contributed by atoms with Gasteiger partial charge in [0.1, 0.15) is 5.54 Å². The van der Waals surface area contributed by atoms with Crippen molar-refractivity contribution in [1.29, 1.82) is 5.26 Å². The molecule has 0 aliphatic heterocycles. The van der Waals surface area contributed by atoms with Gasteiger partial charge >= 0.3 is 0 Å². The first-order chi connectivity index (χ1) is 11.0. The maximum atomic E-state index is 10.1. The maximum absolute atomic E-state index is 10.1. The summed E-state index contributed by atoms with van der Waals surface area (Å²) in [5.41, 5.74) is 3.70. The molecule has 4 aliphatic rings. The van der Waals surface area contributed by atoms with Crippen LogP contribution < -0.4 is 5.32 Å². The Morgan fingerprint density at radius 3 is 2.22 bits per heavy atom. The molecule has 4 aliphatic carbocycles. The van der Waals surface area contributed by atoms with Crippen LogP contribution in [0.1, 0.15) is 61.8 Å². The molecule has 5 rings (SSSR count). The van der Waals surface area contributed by atoms with E-state index in [0.717, 1.165) is 11.8 Å². The van der Waals surface area contributed by atoms with E-state index in [9.17, 15) is 5.26 Å². The molecule has 1 aromatic carbocycles. The fourth-order valence-corrected chi connectivity index (χ4v) is 6.13. The van der Waals surface area contributed by atoms with Crippen molar-refractivity contribution >= 4 is 0 Å². The van der Waals surface area contributed by atoms with Crippen molar-refractivity contribution in [2.45, 2.75) is 64.5 Å². The van der Waals surface area contributed by atoms with Crippen LogP contribution in [0.5, 0.6) is 0 Å². The lowest BCUT2D eigenvalue weighted by molar-refractivity contribution is -0.0506. The van der Waals surface area contributed by atoms with Gasteiger partial charge in [0.05, 0.1) is 6.07 Å². The summed E-state index contributed by atoms with van der Waals surface area (Å²) in [5, 5.41) is 14.0. The summed E-state index contributed by atoms with van der Waals surface area (Å²) in [6.07, 6.45) is 6.52. The molecule has 2 heteroatoms. The summed E-state index contributed by atoms with van der Waals surface area (Å²) in [6.45, 7) is 6.57. The van der Waals surface area contributed by atoms with E-state index in [1.165, 1.54) is 48.8 Å². The van der Waals surface area contributed by atoms with E-state index < -0.39 is 0 Å². The minimum atomic E-state index is -0.288. The number of benzene rings is 1. The Labute approximate surface area is 140 Å². The summed E-state index contributed by atoms with van der Waals surface area (Å²) in [7, 11) is 0. The average Bonchev–Trinajstić information content (AvgIpc) is 2.50. The minimum absolute atomic E-state index is 0.243. The molecule has 23 heavy (non-hydrogen) atoms. The molecule has 0 heterocycles. The molecule has 0 spiro atoms. The second kappa shape index (κ2) is 5.35. The number of nitrogens with zero attached hydrogens (tertiary/aromatic N) is 1. The largest absolute Gasteiger partial charge is 0.292 e. The van der Waals surface area contributed by atoms with Gasteiger partial charge in [0.15, 0.2) is 0 Å². The molecule has 4 fully saturated rings. The van der Waals surface area contributed by atoms with Crippen molar-refractivity contribution in [2.75, 3.05) is 0 Å². The highest BCUT2D eigenvalue weighted by Gasteiger charge is 2.58. The third-order valence-electron chi connectivity index (χ3n) is 6.96. The molecule has 1 N–H and O–H groups in total. The van der Waals surface area contributed by atoms with Crippen molar-refractivity contribution in [3.63, 3.8) is 0 Å². The number of aryl methyl sites for hydroxylation is 2. The number of nitrogens with one attached hydrogen (secondary N) is 1. The van der Waals surface area contributed by atoms with E-state index in [2.05, 4.69) is 50.4 Å². The van der Waals surface area contributed by atoms with Crippen LogP contribution in [0.3, 0.4) is 0 Å². The maximum Gasteiger partial charge on any atom is 0.112 e. The van der Waals surface area contributed by atoms with Crippen molar-refractivity contribution in [3.8, 4) is 6.07 Å². The Balaban J connectivity index is 1.62. The van der Waals surface area contributed by atoms with Gasteiger partial charge in [-0.2, -0.15) is 5.26 Å². The van der Waals surface area contributed by atoms with E-state index in [0.29, 0.717) is 11.8 Å². The number of hydrogen-bond donors (Lipinski definition) is 1. The number of hydrogen-bond acceptors (Lipinski definition) is 2. The van der Waals surface area contributed by atoms with Gasteiger partial charge in [-0.15, -0.1) is 0 Å². The first-order valence-electron chi connectivity index (χ1n) is 9.28. The fraction of sp³-hybridized carbons (Fsp3) is 0.667. The van der Waals surface area contributed by atoms with E-state index in [4.69, 9.17) is 0 Å². The van der Waals surface area contributed by atoms with Crippen molar-refractivity contribution < 1.29 is 0 Å². The normalized spacial score (nSPS) is 39.2. The lowest BCUT2D eigenvalue weighted by Gasteiger charge is -2.59. The highest BCUT2D eigenvalue weighted by atomic mass is 15.0. The highest BCUT2D eigenvalue weighted by molar-refractivity contribution is 5.34. The molecule has 1 aromatic rings. The van der Waals surface area contributed by atoms with Crippen LogP contribution in [0.2, 0.25) is 0 Å². The second-order valence-corrected chi connectivity index (χ2v) is 8.51. The van der Waals surface area contributed by atoms with E-state index in [1.54, 1.807) is 0 Å². The predicted molar refractivity (Wildman–Crippen MR) is 92.9 cm³/mol. The second-order valence-electron chi connectivity index (χ2n) is 8.51. The molecule has 1 atom stereocenters. The molecular formula is C21H28N2. The van der Waals surface area contributed by atoms with Crippen LogP contribution in [0.4, 0.5) is 0 Å². The summed E-state index contributed by atoms with van der Waals surface area (Å²) in [5.74, 6) is 2.93. The van der Waals surface area contributed by atoms with Gasteiger partial charge in [-0.1, -0.05) is 23.8 Å². The van der Waals surface area contributed by atoms with Crippen molar-refractivity contribution in [3.05, 3.63) is 34.9 Å². The predicted octanol–water partition coefficient (Wildman–Crippen LogP) is 4.67. The highest BCUT2D eigenvalue weighted by Crippen LogP contribution is 2.58. The molecule has 0 aromatic heterocycles. The number of nitriles is 1. The van der Waals surface area contributed by atoms with Crippen LogP contribution >= 0.6 is 0 Å². The third-order valence-corrected chi connectivity index (χ3v) is 6.96. The van der Waals surface area contributed by atoms with E-state index >= 15 is 0 Å². The van der Waals surface area contributed by atoms with E-state index in [1.807, 2.05) is 0 Å². The Morgan fingerprint density at radius 1 is 1.09 bits per heavy atom. The van der Waals surface area contributed by atoms with Crippen molar-refractivity contribution in [2.24, 2.45) is 23.7 Å². The van der Waals surface area contributed by atoms with Gasteiger partial charge in [0.2, 0.25) is 0 Å². The zero-order valence-electron chi connectivity index (χ0n) is 14.6. The Morgan fingerprint density at radius 2 is 1.70 bits per heavy atom. The topological polar surface area (TPSA) is 35.8 Å². The first kappa shape index (κ1) is 15.2. The summed E-state index contributed by atoms with van der Waals surface area (Å²) in [6, 6.07) is 9.71. The Kier molecular flexibility index (Phi) is 3.54. The van der Waals surface area contributed by atoms with Crippen LogP contribution in [0, 0.1) is 48.9 Å². The first-order valence-corrected chi connectivity index (χ1v) is 9.28. The standard InChI is InChI=1S/C21H28N2/c1-13-4-5-20(14(2)6-13)15(3)23-21(12-22)18-8-16-7-17(10-18)11-19(21)9-16/h4-6,15-19,23H,7-11H2,1-3H3. The average molecular weight is 308 g/mol. The van der Waals surface area contributed by atoms with Crippen molar-refractivity contribution in [1.82, 2.24) is 5.32 Å². The zero-order valence-corrected chi connectivity index (χ0v) is 14.6.